The second-order valence-corrected chi connectivity index (χ2v) is 8.01. The molecular weight excluding hydrogens is 412 g/mol. The lowest BCUT2D eigenvalue weighted by Crippen LogP contribution is -2.27. The van der Waals surface area contributed by atoms with Crippen molar-refractivity contribution in [3.05, 3.63) is 58.8 Å². The van der Waals surface area contributed by atoms with Crippen molar-refractivity contribution in [2.75, 3.05) is 5.32 Å². The molecule has 29 heavy (non-hydrogen) atoms. The second-order valence-electron chi connectivity index (χ2n) is 6.26. The van der Waals surface area contributed by atoms with E-state index in [1.54, 1.807) is 13.0 Å². The zero-order chi connectivity index (χ0) is 20.8. The van der Waals surface area contributed by atoms with Gasteiger partial charge in [0.25, 0.3) is 5.91 Å². The Hall–Kier alpha value is -2.78. The molecule has 0 aliphatic carbocycles. The molecule has 0 aliphatic heterocycles. The number of anilines is 1. The number of hydrogen-bond donors (Lipinski definition) is 2. The molecule has 0 saturated heterocycles. The quantitative estimate of drug-likeness (QED) is 0.320. The summed E-state index contributed by atoms with van der Waals surface area (Å²) in [5.74, 6) is 1.86. The minimum atomic E-state index is -0.401. The predicted octanol–water partition coefficient (Wildman–Crippen LogP) is 3.61. The molecule has 0 bridgehead atoms. The van der Waals surface area contributed by atoms with E-state index >= 15 is 0 Å². The van der Waals surface area contributed by atoms with Crippen LogP contribution in [0, 0.1) is 6.92 Å². The van der Waals surface area contributed by atoms with Gasteiger partial charge in [-0.15, -0.1) is 10.2 Å². The van der Waals surface area contributed by atoms with Crippen molar-refractivity contribution < 1.29 is 9.21 Å². The van der Waals surface area contributed by atoms with Crippen molar-refractivity contribution >= 4 is 41.2 Å². The number of carbonyl (C=O) groups is 1. The maximum absolute atomic E-state index is 12.2. The van der Waals surface area contributed by atoms with Gasteiger partial charge in [-0.05, 0) is 44.2 Å². The monoisotopic (exact) mass is 432 g/mol. The largest absolute Gasteiger partial charge is 0.460 e. The molecule has 1 atom stereocenters. The molecule has 0 fully saturated rings. The van der Waals surface area contributed by atoms with Crippen LogP contribution in [-0.2, 0) is 18.4 Å². The van der Waals surface area contributed by atoms with E-state index in [0.29, 0.717) is 22.5 Å². The minimum Gasteiger partial charge on any atom is -0.460 e. The molecule has 2 heterocycles. The Bertz CT molecular complexity index is 1020. The third-order valence-electron chi connectivity index (χ3n) is 3.98. The van der Waals surface area contributed by atoms with Gasteiger partial charge < -0.3 is 14.3 Å². The summed E-state index contributed by atoms with van der Waals surface area (Å²) < 4.78 is 7.21. The summed E-state index contributed by atoms with van der Waals surface area (Å²) in [5, 5.41) is 16.4. The molecule has 0 radical (unpaired) electrons. The Morgan fingerprint density at radius 2 is 2.21 bits per heavy atom. The van der Waals surface area contributed by atoms with Crippen LogP contribution >= 0.6 is 23.4 Å². The molecule has 0 spiro atoms. The average Bonchev–Trinajstić information content (AvgIpc) is 3.26. The maximum atomic E-state index is 12.2. The number of carbonyl (C=O) groups excluding carboxylic acids is 1. The van der Waals surface area contributed by atoms with Crippen LogP contribution in [0.15, 0.2) is 51.1 Å². The molecular formula is C19H21ClN6O2S. The van der Waals surface area contributed by atoms with E-state index in [0.717, 1.165) is 17.3 Å². The first kappa shape index (κ1) is 20.9. The molecule has 3 aromatic rings. The molecule has 0 unspecified atom stereocenters. The first-order valence-corrected chi connectivity index (χ1v) is 10.1. The number of hydrogen-bond acceptors (Lipinski definition) is 7. The molecule has 152 valence electrons. The Balaban J connectivity index is 1.52. The fraction of sp³-hybridized carbons (Fsp3) is 0.263. The highest BCUT2D eigenvalue weighted by Crippen LogP contribution is 2.22. The zero-order valence-electron chi connectivity index (χ0n) is 16.2. The number of benzene rings is 1. The number of nitrogens with one attached hydrogen (secondary N) is 2. The summed E-state index contributed by atoms with van der Waals surface area (Å²) in [5.41, 5.74) is 3.40. The molecule has 2 N–H and O–H groups in total. The number of rotatable bonds is 8. The van der Waals surface area contributed by atoms with Crippen LogP contribution < -0.4 is 10.7 Å². The van der Waals surface area contributed by atoms with Gasteiger partial charge in [-0.2, -0.15) is 5.10 Å². The molecule has 0 saturated carbocycles. The first-order chi connectivity index (χ1) is 13.9. The third-order valence-corrected chi connectivity index (χ3v) is 5.35. The highest BCUT2D eigenvalue weighted by molar-refractivity contribution is 8.00. The first-order valence-electron chi connectivity index (χ1n) is 8.86. The Morgan fingerprint density at radius 3 is 2.93 bits per heavy atom. The van der Waals surface area contributed by atoms with Crippen molar-refractivity contribution in [3.63, 3.8) is 0 Å². The molecule has 2 aromatic heterocycles. The molecule has 1 aromatic carbocycles. The van der Waals surface area contributed by atoms with E-state index < -0.39 is 5.25 Å². The van der Waals surface area contributed by atoms with Gasteiger partial charge in [0.2, 0.25) is 0 Å². The van der Waals surface area contributed by atoms with Crippen molar-refractivity contribution in [3.8, 4) is 0 Å². The minimum absolute atomic E-state index is 0.240. The molecule has 3 rings (SSSR count). The topological polar surface area (TPSA) is 97.3 Å². The smallest absolute Gasteiger partial charge is 0.253 e. The van der Waals surface area contributed by atoms with Crippen LogP contribution in [-0.4, -0.2) is 32.1 Å². The third kappa shape index (κ3) is 5.85. The molecule has 8 nitrogen and oxygen atoms in total. The van der Waals surface area contributed by atoms with E-state index in [1.807, 2.05) is 48.9 Å². The van der Waals surface area contributed by atoms with Crippen molar-refractivity contribution in [2.24, 2.45) is 12.1 Å². The number of nitrogens with zero attached hydrogens (tertiary/aromatic N) is 4. The van der Waals surface area contributed by atoms with E-state index in [9.17, 15) is 4.79 Å². The zero-order valence-corrected chi connectivity index (χ0v) is 17.8. The van der Waals surface area contributed by atoms with Crippen LogP contribution in [0.4, 0.5) is 5.69 Å². The van der Waals surface area contributed by atoms with Gasteiger partial charge in [0.1, 0.15) is 11.5 Å². The molecule has 0 aliphatic rings. The van der Waals surface area contributed by atoms with Gasteiger partial charge in [0.15, 0.2) is 11.0 Å². The highest BCUT2D eigenvalue weighted by Gasteiger charge is 2.18. The van der Waals surface area contributed by atoms with Crippen molar-refractivity contribution in [1.82, 2.24) is 20.2 Å². The van der Waals surface area contributed by atoms with Crippen LogP contribution in [0.3, 0.4) is 0 Å². The summed E-state index contributed by atoms with van der Waals surface area (Å²) in [6.45, 7) is 4.11. The van der Waals surface area contributed by atoms with Gasteiger partial charge in [0.05, 0.1) is 18.0 Å². The van der Waals surface area contributed by atoms with E-state index in [4.69, 9.17) is 16.0 Å². The SMILES string of the molecule is Cc1ccc(C=NNC(=O)[C@@H](C)Sc2nnc(CNc3cccc(Cl)c3)n2C)o1. The average molecular weight is 433 g/mol. The van der Waals surface area contributed by atoms with Crippen LogP contribution in [0.25, 0.3) is 0 Å². The maximum Gasteiger partial charge on any atom is 0.253 e. The highest BCUT2D eigenvalue weighted by atomic mass is 35.5. The number of amides is 1. The van der Waals surface area contributed by atoms with E-state index in [1.165, 1.54) is 18.0 Å². The predicted molar refractivity (Wildman–Crippen MR) is 114 cm³/mol. The normalized spacial score (nSPS) is 12.3. The van der Waals surface area contributed by atoms with Crippen LogP contribution in [0.1, 0.15) is 24.3 Å². The number of aryl methyl sites for hydroxylation is 1. The Labute approximate surface area is 177 Å². The Morgan fingerprint density at radius 1 is 1.38 bits per heavy atom. The second kappa shape index (κ2) is 9.62. The fourth-order valence-corrected chi connectivity index (χ4v) is 3.38. The fourth-order valence-electron chi connectivity index (χ4n) is 2.37. The number of hydrazone groups is 1. The summed E-state index contributed by atoms with van der Waals surface area (Å²) >= 11 is 7.30. The summed E-state index contributed by atoms with van der Waals surface area (Å²) in [4.78, 5) is 12.2. The van der Waals surface area contributed by atoms with Crippen LogP contribution in [0.5, 0.6) is 0 Å². The van der Waals surface area contributed by atoms with Gasteiger partial charge in [-0.25, -0.2) is 5.43 Å². The number of halogens is 1. The summed E-state index contributed by atoms with van der Waals surface area (Å²) in [7, 11) is 1.86. The number of furan rings is 1. The van der Waals surface area contributed by atoms with Gasteiger partial charge in [-0.1, -0.05) is 29.4 Å². The van der Waals surface area contributed by atoms with Gasteiger partial charge >= 0.3 is 0 Å². The lowest BCUT2D eigenvalue weighted by Gasteiger charge is -2.10. The van der Waals surface area contributed by atoms with Crippen molar-refractivity contribution in [1.29, 1.82) is 0 Å². The van der Waals surface area contributed by atoms with E-state index in [2.05, 4.69) is 26.0 Å². The lowest BCUT2D eigenvalue weighted by molar-refractivity contribution is -0.120. The molecule has 1 amide bonds. The summed E-state index contributed by atoms with van der Waals surface area (Å²) in [6.07, 6.45) is 1.46. The van der Waals surface area contributed by atoms with Crippen LogP contribution in [0.2, 0.25) is 5.02 Å². The van der Waals surface area contributed by atoms with Gasteiger partial charge in [0, 0.05) is 17.8 Å². The lowest BCUT2D eigenvalue weighted by atomic mass is 10.3. The summed E-state index contributed by atoms with van der Waals surface area (Å²) in [6, 6.07) is 11.1. The van der Waals surface area contributed by atoms with E-state index in [-0.39, 0.29) is 5.91 Å². The van der Waals surface area contributed by atoms with Gasteiger partial charge in [-0.3, -0.25) is 4.79 Å². The number of thioether (sulfide) groups is 1. The number of aromatic nitrogens is 3. The molecule has 10 heteroatoms. The Kier molecular flexibility index (Phi) is 6.95. The van der Waals surface area contributed by atoms with Crippen molar-refractivity contribution in [2.45, 2.75) is 30.8 Å². The standard InChI is InChI=1S/C19H21ClN6O2S/c1-12-7-8-16(28-12)10-22-24-18(27)13(2)29-19-25-23-17(26(19)3)11-21-15-6-4-5-14(20)9-15/h4-10,13,21H,11H2,1-3H3,(H,24,27)/t13-/m1/s1.